The number of rotatable bonds is 5. The molecule has 5 nitrogen and oxygen atoms in total. The molecule has 0 aliphatic carbocycles. The van der Waals surface area contributed by atoms with E-state index < -0.39 is 17.3 Å². The molecule has 1 aromatic heterocycles. The fourth-order valence-electron chi connectivity index (χ4n) is 2.41. The highest BCUT2D eigenvalue weighted by Gasteiger charge is 2.16. The first-order chi connectivity index (χ1) is 11.1. The minimum absolute atomic E-state index is 0.392. The summed E-state index contributed by atoms with van der Waals surface area (Å²) >= 11 is 0. The fraction of sp³-hybridized carbons (Fsp3) is 0.294. The predicted octanol–water partition coefficient (Wildman–Crippen LogP) is 3.00. The van der Waals surface area contributed by atoms with Gasteiger partial charge in [-0.1, -0.05) is 0 Å². The van der Waals surface area contributed by atoms with Crippen LogP contribution in [0.2, 0.25) is 0 Å². The number of ether oxygens (including phenoxy) is 2. The first kappa shape index (κ1) is 15.4. The van der Waals surface area contributed by atoms with Crippen LogP contribution in [0.1, 0.15) is 16.8 Å². The maximum absolute atomic E-state index is 13.4. The van der Waals surface area contributed by atoms with E-state index in [1.165, 1.54) is 6.07 Å². The van der Waals surface area contributed by atoms with Crippen LogP contribution in [0.15, 0.2) is 36.5 Å². The number of hydrogen-bond donors (Lipinski definition) is 1. The normalized spacial score (nSPS) is 17.2. The molecule has 1 aliphatic heterocycles. The van der Waals surface area contributed by atoms with Crippen LogP contribution < -0.4 is 4.74 Å². The van der Waals surface area contributed by atoms with Crippen molar-refractivity contribution < 1.29 is 23.8 Å². The molecule has 0 saturated carbocycles. The van der Waals surface area contributed by atoms with Gasteiger partial charge >= 0.3 is 5.97 Å². The topological polar surface area (TPSA) is 68.7 Å². The zero-order valence-corrected chi connectivity index (χ0v) is 12.4. The molecular formula is C17H16FNO4. The van der Waals surface area contributed by atoms with Gasteiger partial charge in [-0.3, -0.25) is 4.98 Å². The highest BCUT2D eigenvalue weighted by molar-refractivity contribution is 5.89. The van der Waals surface area contributed by atoms with Gasteiger partial charge in [0.1, 0.15) is 5.75 Å². The molecule has 3 rings (SSSR count). The van der Waals surface area contributed by atoms with E-state index in [0.29, 0.717) is 23.8 Å². The number of hydrogen-bond acceptors (Lipinski definition) is 4. The highest BCUT2D eigenvalue weighted by atomic mass is 19.1. The molecule has 0 radical (unpaired) electrons. The van der Waals surface area contributed by atoms with Crippen LogP contribution in [0.25, 0.3) is 11.3 Å². The largest absolute Gasteiger partial charge is 0.493 e. The Morgan fingerprint density at radius 2 is 2.17 bits per heavy atom. The molecule has 1 aliphatic rings. The standard InChI is InChI=1S/C17H16FNO4/c18-15-8-19-16(7-14(15)17(20)21)12-1-3-13(4-2-12)23-10-11-5-6-22-9-11/h1-4,7-8,11H,5-6,9-10H2,(H,20,21). The van der Waals surface area contributed by atoms with Gasteiger partial charge in [0, 0.05) is 18.1 Å². The minimum atomic E-state index is -1.31. The van der Waals surface area contributed by atoms with E-state index in [1.54, 1.807) is 24.3 Å². The number of halogens is 1. The lowest BCUT2D eigenvalue weighted by Crippen LogP contribution is -2.11. The van der Waals surface area contributed by atoms with E-state index in [9.17, 15) is 9.18 Å². The quantitative estimate of drug-likeness (QED) is 0.918. The molecule has 2 heterocycles. The smallest absolute Gasteiger partial charge is 0.338 e. The van der Waals surface area contributed by atoms with Crippen molar-refractivity contribution in [1.29, 1.82) is 0 Å². The van der Waals surface area contributed by atoms with Crippen molar-refractivity contribution >= 4 is 5.97 Å². The van der Waals surface area contributed by atoms with Gasteiger partial charge in [-0.15, -0.1) is 0 Å². The first-order valence-electron chi connectivity index (χ1n) is 7.33. The molecule has 2 aromatic rings. The number of aromatic nitrogens is 1. The predicted molar refractivity (Wildman–Crippen MR) is 81.0 cm³/mol. The van der Waals surface area contributed by atoms with Crippen LogP contribution in [-0.4, -0.2) is 35.9 Å². The second-order valence-corrected chi connectivity index (χ2v) is 5.42. The zero-order valence-electron chi connectivity index (χ0n) is 12.4. The molecule has 1 fully saturated rings. The van der Waals surface area contributed by atoms with E-state index in [2.05, 4.69) is 4.98 Å². The van der Waals surface area contributed by atoms with Crippen LogP contribution in [-0.2, 0) is 4.74 Å². The van der Waals surface area contributed by atoms with Gasteiger partial charge in [-0.25, -0.2) is 9.18 Å². The zero-order chi connectivity index (χ0) is 16.2. The summed E-state index contributed by atoms with van der Waals surface area (Å²) in [5.41, 5.74) is 0.708. The van der Waals surface area contributed by atoms with Gasteiger partial charge in [-0.2, -0.15) is 0 Å². The van der Waals surface area contributed by atoms with Gasteiger partial charge in [0.05, 0.1) is 30.7 Å². The Bertz CT molecular complexity index is 696. The van der Waals surface area contributed by atoms with Crippen molar-refractivity contribution in [3.8, 4) is 17.0 Å². The lowest BCUT2D eigenvalue weighted by atomic mass is 10.1. The summed E-state index contributed by atoms with van der Waals surface area (Å²) in [6, 6.07) is 8.34. The van der Waals surface area contributed by atoms with Gasteiger partial charge < -0.3 is 14.6 Å². The molecule has 23 heavy (non-hydrogen) atoms. The lowest BCUT2D eigenvalue weighted by Gasteiger charge is -2.11. The molecule has 0 spiro atoms. The van der Waals surface area contributed by atoms with Crippen LogP contribution in [0, 0.1) is 11.7 Å². The number of carboxylic acid groups (broad SMARTS) is 1. The number of pyridine rings is 1. The van der Waals surface area contributed by atoms with Crippen molar-refractivity contribution in [3.05, 3.63) is 47.9 Å². The third-order valence-corrected chi connectivity index (χ3v) is 3.75. The third-order valence-electron chi connectivity index (χ3n) is 3.75. The first-order valence-corrected chi connectivity index (χ1v) is 7.33. The average Bonchev–Trinajstić information content (AvgIpc) is 3.07. The van der Waals surface area contributed by atoms with Crippen LogP contribution in [0.5, 0.6) is 5.75 Å². The summed E-state index contributed by atoms with van der Waals surface area (Å²) in [7, 11) is 0. The minimum Gasteiger partial charge on any atom is -0.493 e. The van der Waals surface area contributed by atoms with Gasteiger partial charge in [0.2, 0.25) is 0 Å². The maximum atomic E-state index is 13.4. The average molecular weight is 317 g/mol. The molecule has 1 saturated heterocycles. The second-order valence-electron chi connectivity index (χ2n) is 5.42. The van der Waals surface area contributed by atoms with Crippen LogP contribution >= 0.6 is 0 Å². The molecule has 1 unspecified atom stereocenters. The van der Waals surface area contributed by atoms with Crippen LogP contribution in [0.4, 0.5) is 4.39 Å². The summed E-state index contributed by atoms with van der Waals surface area (Å²) in [4.78, 5) is 14.9. The van der Waals surface area contributed by atoms with Gasteiger partial charge in [0.15, 0.2) is 5.82 Å². The van der Waals surface area contributed by atoms with Crippen LogP contribution in [0.3, 0.4) is 0 Å². The monoisotopic (exact) mass is 317 g/mol. The Kier molecular flexibility index (Phi) is 4.52. The third kappa shape index (κ3) is 3.65. The molecule has 1 N–H and O–H groups in total. The summed E-state index contributed by atoms with van der Waals surface area (Å²) in [5, 5.41) is 8.96. The maximum Gasteiger partial charge on any atom is 0.338 e. The Morgan fingerprint density at radius 3 is 2.83 bits per heavy atom. The molecule has 1 aromatic carbocycles. The summed E-state index contributed by atoms with van der Waals surface area (Å²) in [5.74, 6) is -1.02. The fourth-order valence-corrected chi connectivity index (χ4v) is 2.41. The highest BCUT2D eigenvalue weighted by Crippen LogP contribution is 2.23. The molecule has 120 valence electrons. The molecule has 1 atom stereocenters. The van der Waals surface area contributed by atoms with Gasteiger partial charge in [-0.05, 0) is 36.8 Å². The molecule has 6 heteroatoms. The van der Waals surface area contributed by atoms with E-state index in [0.717, 1.165) is 31.6 Å². The molecular weight excluding hydrogens is 301 g/mol. The lowest BCUT2D eigenvalue weighted by molar-refractivity contribution is 0.0691. The Labute approximate surface area is 132 Å². The number of benzene rings is 1. The van der Waals surface area contributed by atoms with E-state index >= 15 is 0 Å². The van der Waals surface area contributed by atoms with E-state index in [-0.39, 0.29) is 0 Å². The van der Waals surface area contributed by atoms with Crippen molar-refractivity contribution in [2.75, 3.05) is 19.8 Å². The SMILES string of the molecule is O=C(O)c1cc(-c2ccc(OCC3CCOC3)cc2)ncc1F. The summed E-state index contributed by atoms with van der Waals surface area (Å²) < 4.78 is 24.4. The number of nitrogens with zero attached hydrogens (tertiary/aromatic N) is 1. The van der Waals surface area contributed by atoms with Gasteiger partial charge in [0.25, 0.3) is 0 Å². The van der Waals surface area contributed by atoms with Crippen molar-refractivity contribution in [1.82, 2.24) is 4.98 Å². The number of carboxylic acids is 1. The summed E-state index contributed by atoms with van der Waals surface area (Å²) in [6.45, 7) is 2.13. The molecule has 0 bridgehead atoms. The molecule has 0 amide bonds. The Morgan fingerprint density at radius 1 is 1.39 bits per heavy atom. The summed E-state index contributed by atoms with van der Waals surface area (Å²) in [6.07, 6.45) is 1.93. The van der Waals surface area contributed by atoms with Crippen molar-refractivity contribution in [2.24, 2.45) is 5.92 Å². The number of carbonyl (C=O) groups is 1. The van der Waals surface area contributed by atoms with E-state index in [4.69, 9.17) is 14.6 Å². The number of aromatic carboxylic acids is 1. The Balaban J connectivity index is 1.71. The Hall–Kier alpha value is -2.47. The van der Waals surface area contributed by atoms with Crippen molar-refractivity contribution in [3.63, 3.8) is 0 Å². The second kappa shape index (κ2) is 6.75. The van der Waals surface area contributed by atoms with Crippen molar-refractivity contribution in [2.45, 2.75) is 6.42 Å². The van der Waals surface area contributed by atoms with E-state index in [1.807, 2.05) is 0 Å².